The van der Waals surface area contributed by atoms with E-state index >= 15 is 0 Å². The molecule has 1 saturated heterocycles. The summed E-state index contributed by atoms with van der Waals surface area (Å²) in [5.41, 5.74) is 4.66. The minimum atomic E-state index is -0.165. The fraction of sp³-hybridized carbons (Fsp3) is 0.440. The fourth-order valence-corrected chi connectivity index (χ4v) is 4.78. The molecule has 0 spiro atoms. The van der Waals surface area contributed by atoms with Crippen LogP contribution in [0.3, 0.4) is 0 Å². The Morgan fingerprint density at radius 2 is 1.79 bits per heavy atom. The predicted molar refractivity (Wildman–Crippen MR) is 127 cm³/mol. The molecule has 8 nitrogen and oxygen atoms in total. The van der Waals surface area contributed by atoms with Gasteiger partial charge < -0.3 is 14.8 Å². The maximum absolute atomic E-state index is 13.0. The van der Waals surface area contributed by atoms with Crippen molar-refractivity contribution in [3.63, 3.8) is 0 Å². The van der Waals surface area contributed by atoms with Gasteiger partial charge in [0.25, 0.3) is 11.5 Å². The summed E-state index contributed by atoms with van der Waals surface area (Å²) in [6, 6.07) is 7.60. The number of nitrogens with zero attached hydrogens (tertiary/aromatic N) is 4. The number of pyridine rings is 1. The molecule has 0 atom stereocenters. The van der Waals surface area contributed by atoms with Gasteiger partial charge in [0, 0.05) is 56.2 Å². The van der Waals surface area contributed by atoms with Crippen molar-refractivity contribution >= 4 is 22.8 Å². The molecule has 1 fully saturated rings. The monoisotopic (exact) mass is 449 g/mol. The summed E-state index contributed by atoms with van der Waals surface area (Å²) in [4.78, 5) is 45.1. The third-order valence-electron chi connectivity index (χ3n) is 6.55. The summed E-state index contributed by atoms with van der Waals surface area (Å²) in [6.45, 7) is 8.08. The van der Waals surface area contributed by atoms with Gasteiger partial charge in [-0.05, 0) is 51.3 Å². The molecule has 2 amide bonds. The number of carbonyl (C=O) groups excluding carboxylic acids is 2. The van der Waals surface area contributed by atoms with Crippen molar-refractivity contribution in [1.29, 1.82) is 0 Å². The van der Waals surface area contributed by atoms with Crippen molar-refractivity contribution in [2.75, 3.05) is 26.2 Å². The first-order valence-electron chi connectivity index (χ1n) is 11.4. The van der Waals surface area contributed by atoms with Crippen molar-refractivity contribution in [3.05, 3.63) is 62.6 Å². The number of hydrogen-bond donors (Lipinski definition) is 1. The number of nitrogens with one attached hydrogen (secondary N) is 1. The van der Waals surface area contributed by atoms with Crippen LogP contribution in [0.5, 0.6) is 0 Å². The van der Waals surface area contributed by atoms with Gasteiger partial charge in [-0.1, -0.05) is 17.7 Å². The predicted octanol–water partition coefficient (Wildman–Crippen LogP) is 2.49. The maximum Gasteiger partial charge on any atom is 0.253 e. The minimum absolute atomic E-state index is 0.00954. The van der Waals surface area contributed by atoms with Gasteiger partial charge in [-0.2, -0.15) is 5.10 Å². The normalized spacial score (nSPS) is 14.5. The van der Waals surface area contributed by atoms with Crippen LogP contribution < -0.4 is 5.56 Å². The van der Waals surface area contributed by atoms with Crippen LogP contribution in [0.25, 0.3) is 11.0 Å². The van der Waals surface area contributed by atoms with E-state index in [-0.39, 0.29) is 23.8 Å². The quantitative estimate of drug-likeness (QED) is 0.663. The van der Waals surface area contributed by atoms with Crippen molar-refractivity contribution in [1.82, 2.24) is 24.6 Å². The second-order valence-corrected chi connectivity index (χ2v) is 8.89. The first-order chi connectivity index (χ1) is 15.8. The van der Waals surface area contributed by atoms with E-state index in [1.54, 1.807) is 11.7 Å². The Balaban J connectivity index is 1.41. The number of aromatic amines is 1. The van der Waals surface area contributed by atoms with Gasteiger partial charge in [0.05, 0.1) is 5.69 Å². The molecule has 1 aliphatic heterocycles. The molecule has 0 aliphatic carbocycles. The Hall–Kier alpha value is -3.42. The minimum Gasteiger partial charge on any atom is -0.341 e. The van der Waals surface area contributed by atoms with Gasteiger partial charge in [0.1, 0.15) is 5.65 Å². The summed E-state index contributed by atoms with van der Waals surface area (Å²) < 4.78 is 1.68. The molecule has 3 heterocycles. The van der Waals surface area contributed by atoms with Crippen LogP contribution in [0.4, 0.5) is 0 Å². The highest BCUT2D eigenvalue weighted by atomic mass is 16.2. The molecule has 3 aromatic rings. The summed E-state index contributed by atoms with van der Waals surface area (Å²) in [6.07, 6.45) is 1.39. The van der Waals surface area contributed by atoms with E-state index in [0.717, 1.165) is 28.6 Å². The maximum atomic E-state index is 13.0. The number of fused-ring (bicyclic) bond motifs is 1. The molecule has 33 heavy (non-hydrogen) atoms. The van der Waals surface area contributed by atoms with E-state index in [1.165, 1.54) is 0 Å². The first kappa shape index (κ1) is 22.8. The average Bonchev–Trinajstić information content (AvgIpc) is 2.94. The fourth-order valence-electron chi connectivity index (χ4n) is 4.78. The number of benzene rings is 1. The zero-order valence-electron chi connectivity index (χ0n) is 19.8. The smallest absolute Gasteiger partial charge is 0.253 e. The van der Waals surface area contributed by atoms with Gasteiger partial charge in [0.2, 0.25) is 5.91 Å². The standard InChI is InChI=1S/C25H31N5O3/c1-16-7-5-8-19(15-16)25(33)30-12-6-11-29(13-14-30)21(31)10-9-20-17(2)22-18(3)27-28(4)23(22)26-24(20)32/h5,7-8,15H,6,9-14H2,1-4H3,(H,26,32). The van der Waals surface area contributed by atoms with Crippen LogP contribution in [0.15, 0.2) is 29.1 Å². The van der Waals surface area contributed by atoms with Crippen LogP contribution in [0.1, 0.15) is 45.6 Å². The van der Waals surface area contributed by atoms with E-state index in [9.17, 15) is 14.4 Å². The Bertz CT molecular complexity index is 1270. The molecular formula is C25H31N5O3. The molecule has 0 bridgehead atoms. The van der Waals surface area contributed by atoms with Gasteiger partial charge in [-0.25, -0.2) is 0 Å². The highest BCUT2D eigenvalue weighted by Crippen LogP contribution is 2.21. The van der Waals surface area contributed by atoms with Crippen molar-refractivity contribution in [2.45, 2.75) is 40.0 Å². The number of hydrogen-bond acceptors (Lipinski definition) is 4. The largest absolute Gasteiger partial charge is 0.341 e. The van der Waals surface area contributed by atoms with Crippen LogP contribution in [0.2, 0.25) is 0 Å². The van der Waals surface area contributed by atoms with Crippen molar-refractivity contribution in [2.24, 2.45) is 7.05 Å². The summed E-state index contributed by atoms with van der Waals surface area (Å²) in [7, 11) is 1.81. The van der Waals surface area contributed by atoms with Crippen LogP contribution in [-0.4, -0.2) is 62.6 Å². The van der Waals surface area contributed by atoms with Crippen molar-refractivity contribution in [3.8, 4) is 0 Å². The van der Waals surface area contributed by atoms with E-state index in [0.29, 0.717) is 49.4 Å². The van der Waals surface area contributed by atoms with E-state index in [4.69, 9.17) is 0 Å². The third kappa shape index (κ3) is 4.55. The Morgan fingerprint density at radius 3 is 2.55 bits per heavy atom. The highest BCUT2D eigenvalue weighted by molar-refractivity contribution is 5.94. The Morgan fingerprint density at radius 1 is 1.06 bits per heavy atom. The lowest BCUT2D eigenvalue weighted by molar-refractivity contribution is -0.131. The topological polar surface area (TPSA) is 91.3 Å². The number of H-pyrrole nitrogens is 1. The molecule has 8 heteroatoms. The van der Waals surface area contributed by atoms with Crippen LogP contribution in [0, 0.1) is 20.8 Å². The summed E-state index contributed by atoms with van der Waals surface area (Å²) in [5.74, 6) is 0.0250. The molecule has 174 valence electrons. The molecule has 2 aromatic heterocycles. The highest BCUT2D eigenvalue weighted by Gasteiger charge is 2.23. The second kappa shape index (κ2) is 9.21. The molecule has 0 saturated carbocycles. The van der Waals surface area contributed by atoms with Crippen LogP contribution >= 0.6 is 0 Å². The zero-order chi connectivity index (χ0) is 23.7. The number of carbonyl (C=O) groups is 2. The molecule has 0 radical (unpaired) electrons. The van der Waals surface area contributed by atoms with E-state index in [1.807, 2.05) is 54.8 Å². The van der Waals surface area contributed by atoms with Gasteiger partial charge >= 0.3 is 0 Å². The van der Waals surface area contributed by atoms with Gasteiger partial charge in [0.15, 0.2) is 0 Å². The average molecular weight is 450 g/mol. The first-order valence-corrected chi connectivity index (χ1v) is 11.4. The lowest BCUT2D eigenvalue weighted by atomic mass is 10.0. The molecular weight excluding hydrogens is 418 g/mol. The Labute approximate surface area is 193 Å². The van der Waals surface area contributed by atoms with Gasteiger partial charge in [-0.15, -0.1) is 0 Å². The number of aromatic nitrogens is 3. The summed E-state index contributed by atoms with van der Waals surface area (Å²) in [5, 5.41) is 5.34. The molecule has 1 aliphatic rings. The molecule has 0 unspecified atom stereocenters. The van der Waals surface area contributed by atoms with Crippen molar-refractivity contribution < 1.29 is 9.59 Å². The SMILES string of the molecule is Cc1cccc(C(=O)N2CCCN(C(=O)CCc3c(C)c4c(C)nn(C)c4[nH]c3=O)CC2)c1. The van der Waals surface area contributed by atoms with E-state index < -0.39 is 0 Å². The lowest BCUT2D eigenvalue weighted by Gasteiger charge is -2.22. The number of rotatable bonds is 4. The Kier molecular flexibility index (Phi) is 6.35. The second-order valence-electron chi connectivity index (χ2n) is 8.89. The number of aryl methyl sites for hydroxylation is 4. The molecule has 4 rings (SSSR count). The number of amides is 2. The summed E-state index contributed by atoms with van der Waals surface area (Å²) >= 11 is 0. The van der Waals surface area contributed by atoms with E-state index in [2.05, 4.69) is 10.1 Å². The molecule has 1 aromatic carbocycles. The zero-order valence-corrected chi connectivity index (χ0v) is 19.8. The molecule has 1 N–H and O–H groups in total. The lowest BCUT2D eigenvalue weighted by Crippen LogP contribution is -2.37. The van der Waals surface area contributed by atoms with Gasteiger partial charge in [-0.3, -0.25) is 19.1 Å². The van der Waals surface area contributed by atoms with Crippen LogP contribution in [-0.2, 0) is 18.3 Å². The third-order valence-corrected chi connectivity index (χ3v) is 6.55.